The van der Waals surface area contributed by atoms with Gasteiger partial charge in [0.15, 0.2) is 0 Å². The molecule has 0 bridgehead atoms. The van der Waals surface area contributed by atoms with Crippen molar-refractivity contribution in [2.24, 2.45) is 0 Å². The first-order chi connectivity index (χ1) is 13.8. The van der Waals surface area contributed by atoms with Crippen LogP contribution in [-0.2, 0) is 14.4 Å². The number of ketones is 2. The summed E-state index contributed by atoms with van der Waals surface area (Å²) in [6.07, 6.45) is 0. The third-order valence-electron chi connectivity index (χ3n) is 4.17. The van der Waals surface area contributed by atoms with E-state index in [1.807, 2.05) is 0 Å². The second kappa shape index (κ2) is 8.24. The lowest BCUT2D eigenvalue weighted by molar-refractivity contribution is -0.138. The summed E-state index contributed by atoms with van der Waals surface area (Å²) in [6.45, 7) is 1.12. The molecule has 29 heavy (non-hydrogen) atoms. The van der Waals surface area contributed by atoms with E-state index in [-0.39, 0.29) is 5.69 Å². The van der Waals surface area contributed by atoms with E-state index in [1.54, 1.807) is 24.3 Å². The molecular weight excluding hydrogens is 398 g/mol. The highest BCUT2D eigenvalue weighted by Crippen LogP contribution is 2.20. The van der Waals surface area contributed by atoms with E-state index >= 15 is 0 Å². The summed E-state index contributed by atoms with van der Waals surface area (Å²) in [5, 5.41) is 2.80. The number of aromatic amines is 1. The number of amides is 1. The summed E-state index contributed by atoms with van der Waals surface area (Å²) < 4.78 is 5.06. The molecule has 0 aliphatic rings. The second-order valence-electron chi connectivity index (χ2n) is 6.21. The van der Waals surface area contributed by atoms with Crippen LogP contribution in [0.4, 0.5) is 5.69 Å². The first-order valence-electron chi connectivity index (χ1n) is 8.49. The molecule has 1 unspecified atom stereocenters. The molecule has 3 rings (SSSR count). The summed E-state index contributed by atoms with van der Waals surface area (Å²) in [7, 11) is 1.46. The van der Waals surface area contributed by atoms with Gasteiger partial charge < -0.3 is 15.0 Å². The number of hydrogen-bond donors (Lipinski definition) is 2. The van der Waals surface area contributed by atoms with Gasteiger partial charge in [-0.1, -0.05) is 17.7 Å². The van der Waals surface area contributed by atoms with E-state index in [4.69, 9.17) is 16.3 Å². The third-order valence-corrected chi connectivity index (χ3v) is 4.41. The van der Waals surface area contributed by atoms with Gasteiger partial charge in [-0.2, -0.15) is 0 Å². The number of hydrogen-bond acceptors (Lipinski definition) is 6. The normalized spacial score (nSPS) is 11.7. The summed E-state index contributed by atoms with van der Waals surface area (Å²) in [6, 6.07) is 11.0. The standard InChI is InChI=1S/C20H16ClN3O5/c1-10(25)16(17-19(27)24-15-8-11(21)6-7-14(15)23-17)18(26)20(28)22-12-4-3-5-13(9-12)29-2/h3-9,16H,1-2H3,(H,22,28)(H,24,27). The van der Waals surface area contributed by atoms with Gasteiger partial charge in [-0.05, 0) is 37.3 Å². The van der Waals surface area contributed by atoms with Crippen molar-refractivity contribution in [1.82, 2.24) is 9.97 Å². The van der Waals surface area contributed by atoms with E-state index < -0.39 is 29.0 Å². The van der Waals surface area contributed by atoms with Crippen LogP contribution in [0.2, 0.25) is 5.02 Å². The lowest BCUT2D eigenvalue weighted by Crippen LogP contribution is -2.35. The minimum Gasteiger partial charge on any atom is -0.497 e. The Hall–Kier alpha value is -3.52. The maximum Gasteiger partial charge on any atom is 0.292 e. The zero-order chi connectivity index (χ0) is 21.1. The number of methoxy groups -OCH3 is 1. The van der Waals surface area contributed by atoms with Gasteiger partial charge in [-0.15, -0.1) is 0 Å². The van der Waals surface area contributed by atoms with Gasteiger partial charge in [0.25, 0.3) is 11.5 Å². The van der Waals surface area contributed by atoms with Gasteiger partial charge in [0.1, 0.15) is 23.1 Å². The number of fused-ring (bicyclic) bond motifs is 1. The molecule has 0 radical (unpaired) electrons. The molecule has 2 N–H and O–H groups in total. The maximum absolute atomic E-state index is 12.7. The van der Waals surface area contributed by atoms with Crippen molar-refractivity contribution in [2.45, 2.75) is 12.8 Å². The number of rotatable bonds is 6. The monoisotopic (exact) mass is 413 g/mol. The summed E-state index contributed by atoms with van der Waals surface area (Å²) in [5.74, 6) is -3.97. The second-order valence-corrected chi connectivity index (χ2v) is 6.64. The predicted octanol–water partition coefficient (Wildman–Crippen LogP) is 2.47. The SMILES string of the molecule is COc1cccc(NC(=O)C(=O)C(C(C)=O)c2nc3ccc(Cl)cc3[nH]c2=O)c1. The van der Waals surface area contributed by atoms with Crippen LogP contribution in [0.25, 0.3) is 11.0 Å². The Kier molecular flexibility index (Phi) is 5.74. The molecular formula is C20H16ClN3O5. The van der Waals surface area contributed by atoms with Crippen LogP contribution in [0.3, 0.4) is 0 Å². The Morgan fingerprint density at radius 3 is 2.62 bits per heavy atom. The van der Waals surface area contributed by atoms with E-state index in [2.05, 4.69) is 15.3 Å². The molecule has 0 aliphatic carbocycles. The Labute approximate surface area is 169 Å². The molecule has 3 aromatic rings. The number of Topliss-reactive ketones (excluding diaryl/α,β-unsaturated/α-hetero) is 2. The van der Waals surface area contributed by atoms with E-state index in [0.29, 0.717) is 27.5 Å². The molecule has 0 aliphatic heterocycles. The molecule has 0 spiro atoms. The largest absolute Gasteiger partial charge is 0.497 e. The number of H-pyrrole nitrogens is 1. The predicted molar refractivity (Wildman–Crippen MR) is 107 cm³/mol. The average Bonchev–Trinajstić information content (AvgIpc) is 2.68. The molecule has 0 saturated heterocycles. The van der Waals surface area contributed by atoms with Crippen molar-refractivity contribution in [3.63, 3.8) is 0 Å². The quantitative estimate of drug-likeness (QED) is 0.473. The Bertz CT molecular complexity index is 1190. The molecule has 148 valence electrons. The fourth-order valence-corrected chi connectivity index (χ4v) is 2.97. The van der Waals surface area contributed by atoms with Gasteiger partial charge >= 0.3 is 0 Å². The van der Waals surface area contributed by atoms with Gasteiger partial charge in [0.2, 0.25) is 5.78 Å². The van der Waals surface area contributed by atoms with Crippen LogP contribution in [0.15, 0.2) is 47.3 Å². The van der Waals surface area contributed by atoms with Gasteiger partial charge in [-0.3, -0.25) is 19.2 Å². The highest BCUT2D eigenvalue weighted by Gasteiger charge is 2.34. The van der Waals surface area contributed by atoms with Crippen LogP contribution in [0, 0.1) is 0 Å². The zero-order valence-corrected chi connectivity index (χ0v) is 16.2. The Morgan fingerprint density at radius 2 is 1.93 bits per heavy atom. The van der Waals surface area contributed by atoms with Crippen LogP contribution in [0.5, 0.6) is 5.75 Å². The van der Waals surface area contributed by atoms with E-state index in [0.717, 1.165) is 6.92 Å². The summed E-state index contributed by atoms with van der Waals surface area (Å²) in [4.78, 5) is 56.4. The number of benzene rings is 2. The number of carbonyl (C=O) groups excluding carboxylic acids is 3. The minimum atomic E-state index is -1.63. The van der Waals surface area contributed by atoms with Crippen LogP contribution < -0.4 is 15.6 Å². The smallest absolute Gasteiger partial charge is 0.292 e. The van der Waals surface area contributed by atoms with Crippen molar-refractivity contribution in [3.8, 4) is 5.75 Å². The number of ether oxygens (including phenoxy) is 1. The van der Waals surface area contributed by atoms with Crippen molar-refractivity contribution < 1.29 is 19.1 Å². The molecule has 1 aromatic heterocycles. The average molecular weight is 414 g/mol. The fourth-order valence-electron chi connectivity index (χ4n) is 2.79. The van der Waals surface area contributed by atoms with Crippen LogP contribution >= 0.6 is 11.6 Å². The number of nitrogens with one attached hydrogen (secondary N) is 2. The van der Waals surface area contributed by atoms with E-state index in [1.165, 1.54) is 25.3 Å². The third kappa shape index (κ3) is 4.33. The summed E-state index contributed by atoms with van der Waals surface area (Å²) >= 11 is 5.89. The van der Waals surface area contributed by atoms with Crippen molar-refractivity contribution in [1.29, 1.82) is 0 Å². The lowest BCUT2D eigenvalue weighted by atomic mass is 9.95. The van der Waals surface area contributed by atoms with E-state index in [9.17, 15) is 19.2 Å². The Balaban J connectivity index is 1.96. The number of halogens is 1. The van der Waals surface area contributed by atoms with Crippen molar-refractivity contribution in [3.05, 3.63) is 63.5 Å². The number of nitrogens with zero attached hydrogens (tertiary/aromatic N) is 1. The topological polar surface area (TPSA) is 118 Å². The molecule has 0 saturated carbocycles. The molecule has 1 amide bonds. The summed E-state index contributed by atoms with van der Waals surface area (Å²) in [5.41, 5.74) is -0.112. The molecule has 1 heterocycles. The first kappa shape index (κ1) is 20.2. The van der Waals surface area contributed by atoms with Crippen molar-refractivity contribution >= 4 is 45.8 Å². The molecule has 9 heteroatoms. The molecule has 2 aromatic carbocycles. The fraction of sp³-hybridized carbons (Fsp3) is 0.150. The molecule has 1 atom stereocenters. The lowest BCUT2D eigenvalue weighted by Gasteiger charge is -2.13. The van der Waals surface area contributed by atoms with Crippen LogP contribution in [-0.4, -0.2) is 34.6 Å². The zero-order valence-electron chi connectivity index (χ0n) is 15.5. The van der Waals surface area contributed by atoms with Crippen molar-refractivity contribution in [2.75, 3.05) is 12.4 Å². The minimum absolute atomic E-state index is 0.306. The molecule has 8 nitrogen and oxygen atoms in total. The van der Waals surface area contributed by atoms with Gasteiger partial charge in [0.05, 0.1) is 18.1 Å². The Morgan fingerprint density at radius 1 is 1.17 bits per heavy atom. The first-order valence-corrected chi connectivity index (χ1v) is 8.87. The highest BCUT2D eigenvalue weighted by molar-refractivity contribution is 6.45. The maximum atomic E-state index is 12.7. The highest BCUT2D eigenvalue weighted by atomic mass is 35.5. The number of carbonyl (C=O) groups is 3. The number of anilines is 1. The molecule has 0 fully saturated rings. The van der Waals surface area contributed by atoms with Gasteiger partial charge in [-0.25, -0.2) is 4.98 Å². The van der Waals surface area contributed by atoms with Crippen LogP contribution in [0.1, 0.15) is 18.5 Å². The number of aromatic nitrogens is 2. The van der Waals surface area contributed by atoms with Gasteiger partial charge in [0, 0.05) is 16.8 Å².